The van der Waals surface area contributed by atoms with Crippen LogP contribution in [0.4, 0.5) is 30.7 Å². The van der Waals surface area contributed by atoms with Crippen molar-refractivity contribution in [2.75, 3.05) is 19.8 Å². The molecule has 0 aromatic heterocycles. The average molecular weight is 508 g/mol. The highest BCUT2D eigenvalue weighted by atomic mass is 19.4. The Morgan fingerprint density at radius 1 is 1.00 bits per heavy atom. The SMILES string of the molecule is O=C(NCCO)/C(=C/c1ccc(C(F)(F)F)cc1F)NC(=O)c1ccc(OCCC(F)(F)F)cc1. The molecule has 2 aromatic rings. The molecule has 0 saturated carbocycles. The minimum atomic E-state index is -4.79. The van der Waals surface area contributed by atoms with Gasteiger partial charge in [-0.15, -0.1) is 0 Å². The second kappa shape index (κ2) is 11.7. The van der Waals surface area contributed by atoms with E-state index < -0.39 is 66.4 Å². The second-order valence-corrected chi connectivity index (χ2v) is 6.96. The first-order valence-corrected chi connectivity index (χ1v) is 9.88. The van der Waals surface area contributed by atoms with Gasteiger partial charge < -0.3 is 20.5 Å². The van der Waals surface area contributed by atoms with Gasteiger partial charge in [-0.2, -0.15) is 26.3 Å². The number of rotatable bonds is 9. The lowest BCUT2D eigenvalue weighted by Crippen LogP contribution is -2.36. The lowest BCUT2D eigenvalue weighted by Gasteiger charge is -2.12. The van der Waals surface area contributed by atoms with E-state index in [0.29, 0.717) is 6.07 Å². The highest BCUT2D eigenvalue weighted by Gasteiger charge is 2.31. The van der Waals surface area contributed by atoms with Crippen molar-refractivity contribution in [1.29, 1.82) is 0 Å². The zero-order valence-electron chi connectivity index (χ0n) is 17.8. The van der Waals surface area contributed by atoms with E-state index in [0.717, 1.165) is 12.1 Å². The van der Waals surface area contributed by atoms with Crippen molar-refractivity contribution >= 4 is 17.9 Å². The summed E-state index contributed by atoms with van der Waals surface area (Å²) >= 11 is 0. The summed E-state index contributed by atoms with van der Waals surface area (Å²) in [5, 5.41) is 13.3. The molecule has 35 heavy (non-hydrogen) atoms. The zero-order chi connectivity index (χ0) is 26.2. The van der Waals surface area contributed by atoms with Crippen molar-refractivity contribution in [3.05, 3.63) is 70.7 Å². The van der Waals surface area contributed by atoms with Gasteiger partial charge in [0, 0.05) is 17.7 Å². The predicted octanol–water partition coefficient (Wildman–Crippen LogP) is 4.06. The third kappa shape index (κ3) is 8.92. The fraction of sp³-hybridized carbons (Fsp3) is 0.273. The van der Waals surface area contributed by atoms with Crippen LogP contribution in [0.2, 0.25) is 0 Å². The Bertz CT molecular complexity index is 1060. The number of nitrogens with one attached hydrogen (secondary N) is 2. The molecule has 0 aliphatic rings. The van der Waals surface area contributed by atoms with Crippen LogP contribution >= 0.6 is 0 Å². The molecule has 3 N–H and O–H groups in total. The topological polar surface area (TPSA) is 87.7 Å². The molecule has 6 nitrogen and oxygen atoms in total. The van der Waals surface area contributed by atoms with Crippen LogP contribution in [-0.4, -0.2) is 42.9 Å². The molecule has 0 spiro atoms. The summed E-state index contributed by atoms with van der Waals surface area (Å²) in [5.41, 5.74) is -2.27. The lowest BCUT2D eigenvalue weighted by atomic mass is 10.1. The van der Waals surface area contributed by atoms with E-state index in [2.05, 4.69) is 10.6 Å². The first-order valence-electron chi connectivity index (χ1n) is 9.88. The van der Waals surface area contributed by atoms with Gasteiger partial charge in [-0.05, 0) is 42.5 Å². The Kier molecular flexibility index (Phi) is 9.23. The number of carbonyl (C=O) groups excluding carboxylic acids is 2. The fourth-order valence-corrected chi connectivity index (χ4v) is 2.58. The highest BCUT2D eigenvalue weighted by Crippen LogP contribution is 2.30. The summed E-state index contributed by atoms with van der Waals surface area (Å²) in [4.78, 5) is 24.9. The summed E-state index contributed by atoms with van der Waals surface area (Å²) in [5.74, 6) is -3.10. The summed E-state index contributed by atoms with van der Waals surface area (Å²) < 4.78 is 94.0. The van der Waals surface area contributed by atoms with Crippen LogP contribution < -0.4 is 15.4 Å². The van der Waals surface area contributed by atoms with Crippen molar-refractivity contribution in [2.24, 2.45) is 0 Å². The van der Waals surface area contributed by atoms with Gasteiger partial charge in [0.1, 0.15) is 17.3 Å². The molecule has 0 fully saturated rings. The molecule has 13 heteroatoms. The van der Waals surface area contributed by atoms with Crippen molar-refractivity contribution in [3.63, 3.8) is 0 Å². The quantitative estimate of drug-likeness (QED) is 0.352. The highest BCUT2D eigenvalue weighted by molar-refractivity contribution is 6.05. The molecule has 2 rings (SSSR count). The Morgan fingerprint density at radius 2 is 1.66 bits per heavy atom. The van der Waals surface area contributed by atoms with E-state index in [1.165, 1.54) is 24.3 Å². The number of alkyl halides is 6. The third-order valence-electron chi connectivity index (χ3n) is 4.29. The number of halogens is 7. The standard InChI is InChI=1S/C22H19F7N2O4/c23-17-12-15(22(27,28)29)4-1-14(17)11-18(20(34)30-8-9-32)31-19(33)13-2-5-16(6-3-13)35-10-7-21(24,25)26/h1-6,11-12,32H,7-10H2,(H,30,34)(H,31,33)/b18-11-. The second-order valence-electron chi connectivity index (χ2n) is 6.96. The molecule has 0 aliphatic heterocycles. The van der Waals surface area contributed by atoms with Crippen LogP contribution in [0.3, 0.4) is 0 Å². The van der Waals surface area contributed by atoms with Gasteiger partial charge in [0.25, 0.3) is 11.8 Å². The average Bonchev–Trinajstić information content (AvgIpc) is 2.77. The van der Waals surface area contributed by atoms with Gasteiger partial charge in [0.2, 0.25) is 0 Å². The summed E-state index contributed by atoms with van der Waals surface area (Å²) in [6.45, 7) is -1.32. The Balaban J connectivity index is 2.21. The maximum atomic E-state index is 14.2. The summed E-state index contributed by atoms with van der Waals surface area (Å²) in [6.07, 6.45) is -9.55. The van der Waals surface area contributed by atoms with E-state index >= 15 is 0 Å². The molecule has 0 unspecified atom stereocenters. The van der Waals surface area contributed by atoms with Crippen molar-refractivity contribution < 1.29 is 50.2 Å². The smallest absolute Gasteiger partial charge is 0.416 e. The van der Waals surface area contributed by atoms with Crippen LogP contribution in [0.15, 0.2) is 48.2 Å². The van der Waals surface area contributed by atoms with Crippen LogP contribution in [0.5, 0.6) is 5.75 Å². The van der Waals surface area contributed by atoms with Gasteiger partial charge in [-0.3, -0.25) is 9.59 Å². The van der Waals surface area contributed by atoms with E-state index in [4.69, 9.17) is 9.84 Å². The Hall–Kier alpha value is -3.61. The molecule has 0 bridgehead atoms. The number of hydrogen-bond acceptors (Lipinski definition) is 4. The van der Waals surface area contributed by atoms with E-state index in [9.17, 15) is 40.3 Å². The number of ether oxygens (including phenoxy) is 1. The van der Waals surface area contributed by atoms with Crippen LogP contribution in [-0.2, 0) is 11.0 Å². The largest absolute Gasteiger partial charge is 0.493 e. The van der Waals surface area contributed by atoms with Crippen LogP contribution in [0, 0.1) is 5.82 Å². The zero-order valence-corrected chi connectivity index (χ0v) is 17.8. The number of benzene rings is 2. The molecule has 190 valence electrons. The first-order chi connectivity index (χ1) is 16.3. The van der Waals surface area contributed by atoms with Gasteiger partial charge in [-0.25, -0.2) is 4.39 Å². The van der Waals surface area contributed by atoms with E-state index in [1.807, 2.05) is 0 Å². The maximum Gasteiger partial charge on any atom is 0.416 e. The van der Waals surface area contributed by atoms with Gasteiger partial charge in [0.05, 0.1) is 25.2 Å². The number of amides is 2. The maximum absolute atomic E-state index is 14.2. The monoisotopic (exact) mass is 508 g/mol. The molecular weight excluding hydrogens is 489 g/mol. The number of aliphatic hydroxyl groups excluding tert-OH is 1. The van der Waals surface area contributed by atoms with E-state index in [-0.39, 0.29) is 23.9 Å². The van der Waals surface area contributed by atoms with E-state index in [1.54, 1.807) is 0 Å². The fourth-order valence-electron chi connectivity index (χ4n) is 2.58. The summed E-state index contributed by atoms with van der Waals surface area (Å²) in [6, 6.07) is 6.43. The van der Waals surface area contributed by atoms with Crippen molar-refractivity contribution in [2.45, 2.75) is 18.8 Å². The molecule has 0 aliphatic carbocycles. The molecule has 2 amide bonds. The number of aliphatic hydroxyl groups is 1. The Labute approximate surface area is 194 Å². The van der Waals surface area contributed by atoms with Gasteiger partial charge in [-0.1, -0.05) is 6.07 Å². The van der Waals surface area contributed by atoms with Gasteiger partial charge in [0.15, 0.2) is 0 Å². The molecular formula is C22H19F7N2O4. The van der Waals surface area contributed by atoms with Crippen LogP contribution in [0.1, 0.15) is 27.9 Å². The number of hydrogen-bond donors (Lipinski definition) is 3. The van der Waals surface area contributed by atoms with Gasteiger partial charge >= 0.3 is 12.4 Å². The molecule has 0 saturated heterocycles. The molecule has 0 atom stereocenters. The number of carbonyl (C=O) groups is 2. The normalized spacial score (nSPS) is 12.3. The first kappa shape index (κ1) is 27.6. The van der Waals surface area contributed by atoms with Crippen molar-refractivity contribution in [1.82, 2.24) is 10.6 Å². The molecule has 0 heterocycles. The Morgan fingerprint density at radius 3 is 2.20 bits per heavy atom. The van der Waals surface area contributed by atoms with Crippen molar-refractivity contribution in [3.8, 4) is 5.75 Å². The minimum Gasteiger partial charge on any atom is -0.493 e. The molecule has 0 radical (unpaired) electrons. The summed E-state index contributed by atoms with van der Waals surface area (Å²) in [7, 11) is 0. The predicted molar refractivity (Wildman–Crippen MR) is 110 cm³/mol. The third-order valence-corrected chi connectivity index (χ3v) is 4.29. The molecule has 2 aromatic carbocycles. The van der Waals surface area contributed by atoms with Crippen LogP contribution in [0.25, 0.3) is 6.08 Å². The lowest BCUT2D eigenvalue weighted by molar-refractivity contribution is -0.139. The minimum absolute atomic E-state index is 0.0501.